The molecule has 6 heteroatoms. The number of carbonyl (C=O) groups excluding carboxylic acids is 3. The molecule has 1 atom stereocenters. The van der Waals surface area contributed by atoms with Gasteiger partial charge in [0, 0.05) is 5.56 Å². The first-order valence-electron chi connectivity index (χ1n) is 6.48. The Bertz CT molecular complexity index is 867. The van der Waals surface area contributed by atoms with Crippen LogP contribution in [-0.2, 0) is 9.47 Å². The quantitative estimate of drug-likeness (QED) is 0.637. The minimum absolute atomic E-state index is 0.200. The van der Waals surface area contributed by atoms with E-state index < -0.39 is 24.2 Å². The highest BCUT2D eigenvalue weighted by Crippen LogP contribution is 2.33. The first-order valence-corrected chi connectivity index (χ1v) is 6.48. The van der Waals surface area contributed by atoms with Crippen molar-refractivity contribution in [1.82, 2.24) is 0 Å². The second kappa shape index (κ2) is 4.25. The molecule has 4 rings (SSSR count). The lowest BCUT2D eigenvalue weighted by molar-refractivity contribution is -0.0547. The Morgan fingerprint density at radius 3 is 2.18 bits per heavy atom. The molecule has 2 aliphatic rings. The first-order chi connectivity index (χ1) is 10.5. The van der Waals surface area contributed by atoms with Crippen LogP contribution in [0, 0.1) is 0 Å². The van der Waals surface area contributed by atoms with E-state index >= 15 is 0 Å². The Balaban J connectivity index is 1.83. The van der Waals surface area contributed by atoms with Crippen molar-refractivity contribution in [3.8, 4) is 11.1 Å². The fraction of sp³-hybridized carbons (Fsp3) is 0.0625. The van der Waals surface area contributed by atoms with E-state index in [0.717, 1.165) is 0 Å². The number of hydrogen-bond donors (Lipinski definition) is 1. The molecule has 2 aromatic rings. The van der Waals surface area contributed by atoms with Gasteiger partial charge in [0.25, 0.3) is 0 Å². The molecule has 1 N–H and O–H groups in total. The highest BCUT2D eigenvalue weighted by Gasteiger charge is 2.31. The zero-order valence-corrected chi connectivity index (χ0v) is 11.0. The molecular weight excluding hydrogens is 288 g/mol. The Hall–Kier alpha value is -2.99. The molecule has 1 unspecified atom stereocenters. The molecule has 2 heterocycles. The smallest absolute Gasteiger partial charge is 0.346 e. The summed E-state index contributed by atoms with van der Waals surface area (Å²) in [5.74, 6) is -1.94. The maximum Gasteiger partial charge on any atom is 0.346 e. The second-order valence-electron chi connectivity index (χ2n) is 5.00. The van der Waals surface area contributed by atoms with Gasteiger partial charge in [-0.25, -0.2) is 14.4 Å². The maximum atomic E-state index is 11.6. The lowest BCUT2D eigenvalue weighted by atomic mass is 9.97. The topological polar surface area (TPSA) is 89.9 Å². The van der Waals surface area contributed by atoms with Crippen molar-refractivity contribution in [3.05, 3.63) is 58.7 Å². The van der Waals surface area contributed by atoms with Gasteiger partial charge in [-0.15, -0.1) is 0 Å². The van der Waals surface area contributed by atoms with Gasteiger partial charge in [0.05, 0.1) is 16.7 Å². The molecule has 0 saturated carbocycles. The van der Waals surface area contributed by atoms with Crippen LogP contribution in [0.2, 0.25) is 0 Å². The number of fused-ring (bicyclic) bond motifs is 2. The second-order valence-corrected chi connectivity index (χ2v) is 5.00. The minimum Gasteiger partial charge on any atom is -0.428 e. The predicted molar refractivity (Wildman–Crippen MR) is 72.0 cm³/mol. The lowest BCUT2D eigenvalue weighted by Crippen LogP contribution is -1.97. The van der Waals surface area contributed by atoms with E-state index in [0.29, 0.717) is 16.7 Å². The van der Waals surface area contributed by atoms with E-state index in [9.17, 15) is 19.5 Å². The van der Waals surface area contributed by atoms with Crippen molar-refractivity contribution in [1.29, 1.82) is 0 Å². The van der Waals surface area contributed by atoms with Crippen molar-refractivity contribution < 1.29 is 29.0 Å². The largest absolute Gasteiger partial charge is 0.428 e. The molecule has 6 nitrogen and oxygen atoms in total. The van der Waals surface area contributed by atoms with Gasteiger partial charge in [-0.1, -0.05) is 18.2 Å². The van der Waals surface area contributed by atoms with Crippen LogP contribution >= 0.6 is 0 Å². The summed E-state index contributed by atoms with van der Waals surface area (Å²) in [7, 11) is 0. The van der Waals surface area contributed by atoms with Crippen molar-refractivity contribution in [2.75, 3.05) is 0 Å². The molecule has 0 saturated heterocycles. The van der Waals surface area contributed by atoms with E-state index in [4.69, 9.17) is 4.74 Å². The summed E-state index contributed by atoms with van der Waals surface area (Å²) in [6.07, 6.45) is -1.25. The number of aliphatic hydroxyl groups excluding tert-OH is 1. The summed E-state index contributed by atoms with van der Waals surface area (Å²) < 4.78 is 9.27. The number of cyclic esters (lactones) is 3. The molecule has 0 aromatic heterocycles. The molecule has 0 fully saturated rings. The lowest BCUT2D eigenvalue weighted by Gasteiger charge is -2.05. The van der Waals surface area contributed by atoms with Crippen LogP contribution in [-0.4, -0.2) is 23.0 Å². The van der Waals surface area contributed by atoms with Gasteiger partial charge in [0.15, 0.2) is 0 Å². The van der Waals surface area contributed by atoms with Gasteiger partial charge in [0.2, 0.25) is 6.29 Å². The van der Waals surface area contributed by atoms with E-state index in [-0.39, 0.29) is 16.7 Å². The van der Waals surface area contributed by atoms with Gasteiger partial charge < -0.3 is 14.6 Å². The Morgan fingerprint density at radius 2 is 1.41 bits per heavy atom. The number of rotatable bonds is 1. The van der Waals surface area contributed by atoms with Gasteiger partial charge in [-0.05, 0) is 29.3 Å². The standard InChI is InChI=1S/C16H8O6/c17-13-9-3-1-7(5-11(9)15(19)21-13)8-2-4-10-12(6-8)16(20)22-14(10)18/h1-6,13,17H. The molecule has 2 aliphatic heterocycles. The summed E-state index contributed by atoms with van der Waals surface area (Å²) in [6, 6.07) is 9.60. The van der Waals surface area contributed by atoms with Crippen LogP contribution in [0.4, 0.5) is 0 Å². The molecule has 22 heavy (non-hydrogen) atoms. The molecule has 108 valence electrons. The average molecular weight is 296 g/mol. The van der Waals surface area contributed by atoms with Crippen LogP contribution in [0.25, 0.3) is 11.1 Å². The maximum absolute atomic E-state index is 11.6. The van der Waals surface area contributed by atoms with E-state index in [1.54, 1.807) is 30.3 Å². The number of aliphatic hydroxyl groups is 1. The zero-order chi connectivity index (χ0) is 15.4. The predicted octanol–water partition coefficient (Wildman–Crippen LogP) is 1.83. The highest BCUT2D eigenvalue weighted by atomic mass is 16.6. The SMILES string of the molecule is O=C1OC(=O)c2cc(-c3ccc4c(c3)C(=O)OC4O)ccc21. The first kappa shape index (κ1) is 12.7. The fourth-order valence-electron chi connectivity index (χ4n) is 2.62. The normalized spacial score (nSPS) is 18.8. The summed E-state index contributed by atoms with van der Waals surface area (Å²) >= 11 is 0. The van der Waals surface area contributed by atoms with Crippen molar-refractivity contribution in [2.24, 2.45) is 0 Å². The summed E-state index contributed by atoms with van der Waals surface area (Å²) in [6.45, 7) is 0. The summed E-state index contributed by atoms with van der Waals surface area (Å²) in [5.41, 5.74) is 2.44. The monoisotopic (exact) mass is 296 g/mol. The molecular formula is C16H8O6. The highest BCUT2D eigenvalue weighted by molar-refractivity contribution is 6.15. The number of hydrogen-bond acceptors (Lipinski definition) is 6. The number of ether oxygens (including phenoxy) is 2. The van der Waals surface area contributed by atoms with Crippen LogP contribution in [0.15, 0.2) is 36.4 Å². The molecule has 2 aromatic carbocycles. The van der Waals surface area contributed by atoms with Crippen LogP contribution in [0.1, 0.15) is 42.9 Å². The van der Waals surface area contributed by atoms with Crippen LogP contribution in [0.5, 0.6) is 0 Å². The Labute approximate surface area is 123 Å². The molecule has 0 radical (unpaired) electrons. The fourth-order valence-corrected chi connectivity index (χ4v) is 2.62. The van der Waals surface area contributed by atoms with Gasteiger partial charge in [0.1, 0.15) is 0 Å². The summed E-state index contributed by atoms with van der Waals surface area (Å²) in [4.78, 5) is 34.7. The molecule has 0 amide bonds. The van der Waals surface area contributed by atoms with Crippen LogP contribution in [0.3, 0.4) is 0 Å². The molecule has 0 spiro atoms. The third kappa shape index (κ3) is 1.68. The van der Waals surface area contributed by atoms with Crippen molar-refractivity contribution in [3.63, 3.8) is 0 Å². The van der Waals surface area contributed by atoms with Crippen molar-refractivity contribution >= 4 is 17.9 Å². The van der Waals surface area contributed by atoms with Gasteiger partial charge >= 0.3 is 17.9 Å². The van der Waals surface area contributed by atoms with Crippen molar-refractivity contribution in [2.45, 2.75) is 6.29 Å². The number of esters is 3. The molecule has 0 bridgehead atoms. The third-order valence-electron chi connectivity index (χ3n) is 3.74. The van der Waals surface area contributed by atoms with E-state index in [2.05, 4.69) is 4.74 Å². The Morgan fingerprint density at radius 1 is 0.773 bits per heavy atom. The van der Waals surface area contributed by atoms with Gasteiger partial charge in [-0.2, -0.15) is 0 Å². The van der Waals surface area contributed by atoms with E-state index in [1.807, 2.05) is 0 Å². The van der Waals surface area contributed by atoms with Crippen LogP contribution < -0.4 is 0 Å². The average Bonchev–Trinajstić information content (AvgIpc) is 2.96. The zero-order valence-electron chi connectivity index (χ0n) is 11.0. The molecule has 0 aliphatic carbocycles. The Kier molecular flexibility index (Phi) is 2.46. The van der Waals surface area contributed by atoms with E-state index in [1.165, 1.54) is 6.07 Å². The minimum atomic E-state index is -1.25. The third-order valence-corrected chi connectivity index (χ3v) is 3.74. The number of benzene rings is 2. The van der Waals surface area contributed by atoms with Gasteiger partial charge in [-0.3, -0.25) is 0 Å². The number of carbonyl (C=O) groups is 3. The summed E-state index contributed by atoms with van der Waals surface area (Å²) in [5, 5.41) is 9.56.